The van der Waals surface area contributed by atoms with Gasteiger partial charge in [-0.1, -0.05) is 13.0 Å². The standard InChI is InChI=1S/C23H40N6O2/c1-6-24-21(25-12-7-13-26-22(30)31-23(3,4)5)28-17-19-8-9-20(27-16-19)29-14-10-18(2)11-15-29/h8-9,16,18H,6-7,10-15,17H2,1-5H3,(H,26,30)(H2,24,25,28). The fourth-order valence-corrected chi connectivity index (χ4v) is 3.25. The normalized spacial score (nSPS) is 15.5. The number of anilines is 1. The zero-order valence-corrected chi connectivity index (χ0v) is 19.8. The number of nitrogens with zero attached hydrogens (tertiary/aromatic N) is 3. The molecule has 1 amide bonds. The Bertz CT molecular complexity index is 691. The van der Waals surface area contributed by atoms with Crippen LogP contribution >= 0.6 is 0 Å². The number of amides is 1. The molecule has 1 aromatic rings. The summed E-state index contributed by atoms with van der Waals surface area (Å²) in [5.41, 5.74) is 0.602. The fraction of sp³-hybridized carbons (Fsp3) is 0.696. The van der Waals surface area contributed by atoms with Crippen molar-refractivity contribution in [3.8, 4) is 0 Å². The first kappa shape index (κ1) is 24.8. The highest BCUT2D eigenvalue weighted by atomic mass is 16.6. The summed E-state index contributed by atoms with van der Waals surface area (Å²) >= 11 is 0. The number of guanidine groups is 1. The Hall–Kier alpha value is -2.51. The zero-order chi connectivity index (χ0) is 22.7. The summed E-state index contributed by atoms with van der Waals surface area (Å²) in [7, 11) is 0. The number of carbonyl (C=O) groups is 1. The molecule has 2 heterocycles. The highest BCUT2D eigenvalue weighted by Gasteiger charge is 2.17. The van der Waals surface area contributed by atoms with Crippen molar-refractivity contribution in [2.45, 2.75) is 66.0 Å². The van der Waals surface area contributed by atoms with Gasteiger partial charge >= 0.3 is 6.09 Å². The van der Waals surface area contributed by atoms with E-state index in [-0.39, 0.29) is 6.09 Å². The minimum atomic E-state index is -0.480. The second kappa shape index (κ2) is 12.4. The Morgan fingerprint density at radius 2 is 1.90 bits per heavy atom. The number of rotatable bonds is 8. The van der Waals surface area contributed by atoms with Gasteiger partial charge in [0.15, 0.2) is 5.96 Å². The maximum Gasteiger partial charge on any atom is 0.407 e. The molecule has 0 saturated carbocycles. The quantitative estimate of drug-likeness (QED) is 0.332. The van der Waals surface area contributed by atoms with Gasteiger partial charge in [0.1, 0.15) is 11.4 Å². The van der Waals surface area contributed by atoms with Crippen LogP contribution in [0.5, 0.6) is 0 Å². The van der Waals surface area contributed by atoms with Crippen LogP contribution in [0.3, 0.4) is 0 Å². The van der Waals surface area contributed by atoms with Gasteiger partial charge in [-0.2, -0.15) is 0 Å². The molecule has 174 valence electrons. The van der Waals surface area contributed by atoms with Crippen molar-refractivity contribution >= 4 is 17.9 Å². The van der Waals surface area contributed by atoms with E-state index in [1.165, 1.54) is 12.8 Å². The lowest BCUT2D eigenvalue weighted by Gasteiger charge is -2.31. The Kier molecular flexibility index (Phi) is 9.88. The van der Waals surface area contributed by atoms with Gasteiger partial charge in [0.25, 0.3) is 0 Å². The molecule has 0 bridgehead atoms. The fourth-order valence-electron chi connectivity index (χ4n) is 3.25. The molecule has 0 aliphatic carbocycles. The van der Waals surface area contributed by atoms with Crippen molar-refractivity contribution in [2.24, 2.45) is 10.9 Å². The first-order valence-corrected chi connectivity index (χ1v) is 11.5. The van der Waals surface area contributed by atoms with Gasteiger partial charge in [-0.15, -0.1) is 0 Å². The number of aromatic nitrogens is 1. The smallest absolute Gasteiger partial charge is 0.407 e. The van der Waals surface area contributed by atoms with Crippen LogP contribution < -0.4 is 20.9 Å². The van der Waals surface area contributed by atoms with Crippen molar-refractivity contribution in [3.05, 3.63) is 23.9 Å². The molecule has 1 aliphatic rings. The summed E-state index contributed by atoms with van der Waals surface area (Å²) in [5, 5.41) is 9.31. The van der Waals surface area contributed by atoms with E-state index >= 15 is 0 Å². The first-order chi connectivity index (χ1) is 14.8. The summed E-state index contributed by atoms with van der Waals surface area (Å²) in [5.74, 6) is 2.63. The van der Waals surface area contributed by atoms with Crippen molar-refractivity contribution in [2.75, 3.05) is 37.6 Å². The lowest BCUT2D eigenvalue weighted by Crippen LogP contribution is -2.39. The number of carbonyl (C=O) groups excluding carboxylic acids is 1. The predicted octanol–water partition coefficient (Wildman–Crippen LogP) is 3.29. The molecule has 1 saturated heterocycles. The summed E-state index contributed by atoms with van der Waals surface area (Å²) in [6, 6.07) is 4.21. The molecule has 2 rings (SSSR count). The average molecular weight is 433 g/mol. The largest absolute Gasteiger partial charge is 0.444 e. The molecule has 0 radical (unpaired) electrons. The minimum Gasteiger partial charge on any atom is -0.444 e. The van der Waals surface area contributed by atoms with Crippen molar-refractivity contribution in [1.29, 1.82) is 0 Å². The molecule has 1 aliphatic heterocycles. The highest BCUT2D eigenvalue weighted by Crippen LogP contribution is 2.21. The molecule has 8 heteroatoms. The van der Waals surface area contributed by atoms with Gasteiger partial charge in [-0.05, 0) is 64.5 Å². The summed E-state index contributed by atoms with van der Waals surface area (Å²) < 4.78 is 5.23. The van der Waals surface area contributed by atoms with E-state index in [2.05, 4.69) is 49.9 Å². The van der Waals surface area contributed by atoms with Gasteiger partial charge < -0.3 is 25.6 Å². The molecule has 0 unspecified atom stereocenters. The lowest BCUT2D eigenvalue weighted by atomic mass is 9.99. The van der Waals surface area contributed by atoms with Gasteiger partial charge in [0, 0.05) is 38.9 Å². The molecular weight excluding hydrogens is 392 g/mol. The molecule has 1 aromatic heterocycles. The van der Waals surface area contributed by atoms with E-state index < -0.39 is 5.60 Å². The van der Waals surface area contributed by atoms with Crippen LogP contribution in [0, 0.1) is 5.92 Å². The van der Waals surface area contributed by atoms with Gasteiger partial charge in [-0.25, -0.2) is 14.8 Å². The van der Waals surface area contributed by atoms with Crippen LogP contribution in [-0.4, -0.2) is 55.4 Å². The van der Waals surface area contributed by atoms with Crippen LogP contribution in [0.1, 0.15) is 59.4 Å². The molecule has 1 fully saturated rings. The number of piperidine rings is 1. The molecule has 0 spiro atoms. The van der Waals surface area contributed by atoms with Crippen molar-refractivity contribution in [1.82, 2.24) is 20.9 Å². The van der Waals surface area contributed by atoms with Crippen LogP contribution in [-0.2, 0) is 11.3 Å². The lowest BCUT2D eigenvalue weighted by molar-refractivity contribution is 0.0527. The molecule has 0 atom stereocenters. The number of hydrogen-bond donors (Lipinski definition) is 3. The van der Waals surface area contributed by atoms with Crippen molar-refractivity contribution < 1.29 is 9.53 Å². The van der Waals surface area contributed by atoms with E-state index in [0.717, 1.165) is 49.3 Å². The van der Waals surface area contributed by atoms with Gasteiger partial charge in [0.05, 0.1) is 6.54 Å². The van der Waals surface area contributed by atoms with Crippen molar-refractivity contribution in [3.63, 3.8) is 0 Å². The summed E-state index contributed by atoms with van der Waals surface area (Å²) in [4.78, 5) is 23.3. The molecule has 31 heavy (non-hydrogen) atoms. The van der Waals surface area contributed by atoms with Crippen LogP contribution in [0.2, 0.25) is 0 Å². The minimum absolute atomic E-state index is 0.386. The Labute approximate surface area is 187 Å². The Balaban J connectivity index is 1.74. The number of alkyl carbamates (subject to hydrolysis) is 1. The van der Waals surface area contributed by atoms with E-state index in [1.807, 2.05) is 33.9 Å². The third-order valence-electron chi connectivity index (χ3n) is 4.99. The second-order valence-electron chi connectivity index (χ2n) is 9.10. The predicted molar refractivity (Wildman–Crippen MR) is 127 cm³/mol. The van der Waals surface area contributed by atoms with Crippen LogP contribution in [0.25, 0.3) is 0 Å². The maximum atomic E-state index is 11.7. The molecule has 0 aromatic carbocycles. The monoisotopic (exact) mass is 432 g/mol. The second-order valence-corrected chi connectivity index (χ2v) is 9.10. The van der Waals surface area contributed by atoms with Crippen LogP contribution in [0.15, 0.2) is 23.3 Å². The highest BCUT2D eigenvalue weighted by molar-refractivity contribution is 5.79. The zero-order valence-electron chi connectivity index (χ0n) is 19.8. The van der Waals surface area contributed by atoms with Gasteiger partial charge in [0.2, 0.25) is 0 Å². The third kappa shape index (κ3) is 9.89. The maximum absolute atomic E-state index is 11.7. The molecule has 8 nitrogen and oxygen atoms in total. The Morgan fingerprint density at radius 1 is 1.19 bits per heavy atom. The van der Waals surface area contributed by atoms with E-state index in [4.69, 9.17) is 4.74 Å². The molecular formula is C23H40N6O2. The number of aliphatic imine (C=N–C) groups is 1. The van der Waals surface area contributed by atoms with E-state index in [1.54, 1.807) is 0 Å². The number of pyridine rings is 1. The first-order valence-electron chi connectivity index (χ1n) is 11.5. The number of ether oxygens (including phenoxy) is 1. The topological polar surface area (TPSA) is 90.9 Å². The number of hydrogen-bond acceptors (Lipinski definition) is 5. The Morgan fingerprint density at radius 3 is 2.52 bits per heavy atom. The van der Waals surface area contributed by atoms with Gasteiger partial charge in [-0.3, -0.25) is 0 Å². The molecule has 3 N–H and O–H groups in total. The SMILES string of the molecule is CCNC(=NCc1ccc(N2CCC(C)CC2)nc1)NCCCNC(=O)OC(C)(C)C. The van der Waals surface area contributed by atoms with E-state index in [9.17, 15) is 4.79 Å². The van der Waals surface area contributed by atoms with E-state index in [0.29, 0.717) is 19.6 Å². The average Bonchev–Trinajstić information content (AvgIpc) is 2.71. The van der Waals surface area contributed by atoms with Crippen LogP contribution in [0.4, 0.5) is 10.6 Å². The number of nitrogens with one attached hydrogen (secondary N) is 3. The summed E-state index contributed by atoms with van der Waals surface area (Å²) in [6.45, 7) is 14.7. The third-order valence-corrected chi connectivity index (χ3v) is 4.99. The summed E-state index contributed by atoms with van der Waals surface area (Å²) in [6.07, 6.45) is 4.78.